The van der Waals surface area contributed by atoms with E-state index in [0.717, 1.165) is 0 Å². The number of benzene rings is 2. The van der Waals surface area contributed by atoms with Crippen LogP contribution in [-0.4, -0.2) is 0 Å². The number of rotatable bonds is 3. The second-order valence-electron chi connectivity index (χ2n) is 3.90. The molecule has 20 heavy (non-hydrogen) atoms. The molecule has 0 bridgehead atoms. The molecule has 0 radical (unpaired) electrons. The summed E-state index contributed by atoms with van der Waals surface area (Å²) in [5.74, 6) is -7.39. The summed E-state index contributed by atoms with van der Waals surface area (Å²) in [7, 11) is 0. The van der Waals surface area contributed by atoms with Gasteiger partial charge in [0.05, 0.1) is 11.6 Å². The van der Waals surface area contributed by atoms with Gasteiger partial charge in [0.15, 0.2) is 17.4 Å². The average molecular weight is 281 g/mol. The lowest BCUT2D eigenvalue weighted by Crippen LogP contribution is -2.04. The number of nitriles is 1. The smallest absolute Gasteiger partial charge is 0.203 e. The van der Waals surface area contributed by atoms with E-state index in [1.54, 1.807) is 12.1 Å². The maximum absolute atomic E-state index is 13.3. The average Bonchev–Trinajstić information content (AvgIpc) is 2.45. The lowest BCUT2D eigenvalue weighted by molar-refractivity contribution is 0.261. The summed E-state index contributed by atoms with van der Waals surface area (Å²) in [6.45, 7) is -0.327. The molecule has 2 aromatic rings. The molecule has 0 aliphatic carbocycles. The highest BCUT2D eigenvalue weighted by molar-refractivity contribution is 5.33. The second-order valence-corrected chi connectivity index (χ2v) is 3.90. The Morgan fingerprint density at radius 1 is 1.00 bits per heavy atom. The molecule has 0 aliphatic heterocycles. The standard InChI is InChI=1S/C14H7F4NO/c15-10-5-11(16)13(18)14(12(10)17)20-7-9-3-1-2-8(4-9)6-19/h1-5H,7H2. The van der Waals surface area contributed by atoms with Crippen LogP contribution in [-0.2, 0) is 6.61 Å². The summed E-state index contributed by atoms with van der Waals surface area (Å²) >= 11 is 0. The highest BCUT2D eigenvalue weighted by atomic mass is 19.2. The third-order valence-corrected chi connectivity index (χ3v) is 2.51. The van der Waals surface area contributed by atoms with Gasteiger partial charge < -0.3 is 4.74 Å². The maximum Gasteiger partial charge on any atom is 0.203 e. The molecule has 0 saturated heterocycles. The molecule has 6 heteroatoms. The summed E-state index contributed by atoms with van der Waals surface area (Å²) < 4.78 is 57.4. The highest BCUT2D eigenvalue weighted by Gasteiger charge is 2.20. The van der Waals surface area contributed by atoms with Crippen LogP contribution in [0.3, 0.4) is 0 Å². The SMILES string of the molecule is N#Cc1cccc(COc2c(F)c(F)cc(F)c2F)c1. The lowest BCUT2D eigenvalue weighted by Gasteiger charge is -2.09. The Hall–Kier alpha value is -2.55. The number of ether oxygens (including phenoxy) is 1. The van der Waals surface area contributed by atoms with Crippen LogP contribution in [0.25, 0.3) is 0 Å². The van der Waals surface area contributed by atoms with E-state index in [1.807, 2.05) is 6.07 Å². The van der Waals surface area contributed by atoms with Crippen LogP contribution < -0.4 is 4.74 Å². The number of hydrogen-bond donors (Lipinski definition) is 0. The molecule has 0 spiro atoms. The first kappa shape index (κ1) is 13.9. The van der Waals surface area contributed by atoms with Gasteiger partial charge in [-0.15, -0.1) is 0 Å². The minimum absolute atomic E-state index is 0.105. The molecule has 0 atom stereocenters. The zero-order chi connectivity index (χ0) is 14.7. The molecule has 0 aliphatic rings. The van der Waals surface area contributed by atoms with Crippen molar-refractivity contribution in [2.24, 2.45) is 0 Å². The first-order chi connectivity index (χ1) is 9.52. The summed E-state index contributed by atoms with van der Waals surface area (Å²) in [6.07, 6.45) is 0. The van der Waals surface area contributed by atoms with Gasteiger partial charge in [0, 0.05) is 6.07 Å². The molecular weight excluding hydrogens is 274 g/mol. The van der Waals surface area contributed by atoms with Gasteiger partial charge in [-0.2, -0.15) is 14.0 Å². The van der Waals surface area contributed by atoms with Gasteiger partial charge in [-0.25, -0.2) is 8.78 Å². The molecule has 0 saturated carbocycles. The molecule has 0 unspecified atom stereocenters. The normalized spacial score (nSPS) is 10.2. The number of halogens is 4. The first-order valence-corrected chi connectivity index (χ1v) is 5.47. The van der Waals surface area contributed by atoms with Crippen LogP contribution in [0.1, 0.15) is 11.1 Å². The van der Waals surface area contributed by atoms with Crippen molar-refractivity contribution in [1.29, 1.82) is 5.26 Å². The van der Waals surface area contributed by atoms with E-state index in [0.29, 0.717) is 11.1 Å². The summed E-state index contributed by atoms with van der Waals surface area (Å²) in [4.78, 5) is 0. The molecule has 0 fully saturated rings. The van der Waals surface area contributed by atoms with Crippen molar-refractivity contribution in [3.63, 3.8) is 0 Å². The molecule has 2 nitrogen and oxygen atoms in total. The zero-order valence-electron chi connectivity index (χ0n) is 9.96. The van der Waals surface area contributed by atoms with Gasteiger partial charge in [-0.05, 0) is 17.7 Å². The van der Waals surface area contributed by atoms with E-state index < -0.39 is 29.0 Å². The molecule has 2 aromatic carbocycles. The monoisotopic (exact) mass is 281 g/mol. The first-order valence-electron chi connectivity index (χ1n) is 5.47. The Labute approximate surface area is 111 Å². The molecule has 0 N–H and O–H groups in total. The van der Waals surface area contributed by atoms with E-state index in [2.05, 4.69) is 0 Å². The quantitative estimate of drug-likeness (QED) is 0.635. The van der Waals surface area contributed by atoms with E-state index in [9.17, 15) is 17.6 Å². The predicted molar refractivity (Wildman–Crippen MR) is 61.8 cm³/mol. The van der Waals surface area contributed by atoms with E-state index in [4.69, 9.17) is 10.00 Å². The van der Waals surface area contributed by atoms with Crippen molar-refractivity contribution in [2.75, 3.05) is 0 Å². The summed E-state index contributed by atoms with van der Waals surface area (Å²) in [5.41, 5.74) is 0.769. The van der Waals surface area contributed by atoms with Crippen LogP contribution in [0.4, 0.5) is 17.6 Å². The van der Waals surface area contributed by atoms with Crippen molar-refractivity contribution >= 4 is 0 Å². The van der Waals surface area contributed by atoms with Crippen LogP contribution in [0, 0.1) is 34.6 Å². The van der Waals surface area contributed by atoms with Gasteiger partial charge in [0.1, 0.15) is 6.61 Å². The Bertz CT molecular complexity index is 668. The van der Waals surface area contributed by atoms with Gasteiger partial charge in [0.25, 0.3) is 0 Å². The van der Waals surface area contributed by atoms with Crippen molar-refractivity contribution < 1.29 is 22.3 Å². The molecule has 102 valence electrons. The topological polar surface area (TPSA) is 33.0 Å². The van der Waals surface area contributed by atoms with Crippen LogP contribution >= 0.6 is 0 Å². The minimum Gasteiger partial charge on any atom is -0.483 e. The minimum atomic E-state index is -1.60. The second kappa shape index (κ2) is 5.61. The van der Waals surface area contributed by atoms with Crippen molar-refractivity contribution in [3.8, 4) is 11.8 Å². The van der Waals surface area contributed by atoms with Crippen molar-refractivity contribution in [1.82, 2.24) is 0 Å². The Kier molecular flexibility index (Phi) is 3.89. The molecule has 0 heterocycles. The summed E-state index contributed by atoms with van der Waals surface area (Å²) in [5, 5.41) is 8.70. The molecule has 2 rings (SSSR count). The van der Waals surface area contributed by atoms with Gasteiger partial charge in [0.2, 0.25) is 11.6 Å². The fraction of sp³-hybridized carbons (Fsp3) is 0.0714. The lowest BCUT2D eigenvalue weighted by atomic mass is 10.1. The number of hydrogen-bond acceptors (Lipinski definition) is 2. The van der Waals surface area contributed by atoms with Crippen LogP contribution in [0.15, 0.2) is 30.3 Å². The Balaban J connectivity index is 2.25. The third kappa shape index (κ3) is 2.72. The molecular formula is C14H7F4NO. The zero-order valence-corrected chi connectivity index (χ0v) is 9.96. The Morgan fingerprint density at radius 3 is 2.25 bits per heavy atom. The van der Waals surface area contributed by atoms with Crippen molar-refractivity contribution in [3.05, 3.63) is 64.7 Å². The van der Waals surface area contributed by atoms with E-state index in [-0.39, 0.29) is 12.7 Å². The van der Waals surface area contributed by atoms with Gasteiger partial charge in [-0.3, -0.25) is 0 Å². The fourth-order valence-corrected chi connectivity index (χ4v) is 1.56. The van der Waals surface area contributed by atoms with Crippen molar-refractivity contribution in [2.45, 2.75) is 6.61 Å². The summed E-state index contributed by atoms with van der Waals surface area (Å²) in [6, 6.07) is 8.06. The molecule has 0 amide bonds. The van der Waals surface area contributed by atoms with E-state index >= 15 is 0 Å². The van der Waals surface area contributed by atoms with Gasteiger partial charge in [-0.1, -0.05) is 12.1 Å². The number of nitrogens with zero attached hydrogens (tertiary/aromatic N) is 1. The maximum atomic E-state index is 13.3. The van der Waals surface area contributed by atoms with Crippen LogP contribution in [0.2, 0.25) is 0 Å². The van der Waals surface area contributed by atoms with E-state index in [1.165, 1.54) is 12.1 Å². The molecule has 0 aromatic heterocycles. The fourth-order valence-electron chi connectivity index (χ4n) is 1.56. The largest absolute Gasteiger partial charge is 0.483 e. The van der Waals surface area contributed by atoms with Gasteiger partial charge >= 0.3 is 0 Å². The van der Waals surface area contributed by atoms with Crippen LogP contribution in [0.5, 0.6) is 5.75 Å². The highest BCUT2D eigenvalue weighted by Crippen LogP contribution is 2.27. The third-order valence-electron chi connectivity index (χ3n) is 2.51. The Morgan fingerprint density at radius 2 is 1.65 bits per heavy atom. The predicted octanol–water partition coefficient (Wildman–Crippen LogP) is 3.69.